The molecule has 1 aliphatic rings. The molecule has 2 aromatic rings. The molecule has 2 amide bonds. The van der Waals surface area contributed by atoms with Gasteiger partial charge in [-0.05, 0) is 37.1 Å². The Bertz CT molecular complexity index is 825. The summed E-state index contributed by atoms with van der Waals surface area (Å²) in [6, 6.07) is 15.9. The molecule has 1 saturated heterocycles. The van der Waals surface area contributed by atoms with Crippen molar-refractivity contribution in [2.75, 3.05) is 19.7 Å². The molecular formula is C22H24N2O4. The second kappa shape index (κ2) is 9.17. The summed E-state index contributed by atoms with van der Waals surface area (Å²) in [5, 5.41) is 2.94. The number of ketones is 1. The van der Waals surface area contributed by atoms with Crippen LogP contribution in [-0.2, 0) is 9.59 Å². The van der Waals surface area contributed by atoms with Gasteiger partial charge >= 0.3 is 0 Å². The van der Waals surface area contributed by atoms with Gasteiger partial charge in [0.15, 0.2) is 12.4 Å². The van der Waals surface area contributed by atoms with Crippen LogP contribution in [0.1, 0.15) is 35.7 Å². The van der Waals surface area contributed by atoms with Crippen LogP contribution in [-0.4, -0.2) is 48.2 Å². The van der Waals surface area contributed by atoms with Crippen molar-refractivity contribution in [1.29, 1.82) is 0 Å². The third-order valence-electron chi connectivity index (χ3n) is 4.83. The van der Waals surface area contributed by atoms with Gasteiger partial charge in [0.05, 0.1) is 0 Å². The van der Waals surface area contributed by atoms with Crippen LogP contribution in [0.3, 0.4) is 0 Å². The summed E-state index contributed by atoms with van der Waals surface area (Å²) in [7, 11) is 0. The molecule has 1 heterocycles. The first kappa shape index (κ1) is 19.6. The number of nitrogens with one attached hydrogen (secondary N) is 1. The Morgan fingerprint density at radius 2 is 1.57 bits per heavy atom. The maximum atomic E-state index is 12.4. The van der Waals surface area contributed by atoms with Crippen LogP contribution in [0.25, 0.3) is 0 Å². The van der Waals surface area contributed by atoms with E-state index in [9.17, 15) is 14.4 Å². The number of benzene rings is 2. The molecule has 6 heteroatoms. The van der Waals surface area contributed by atoms with E-state index < -0.39 is 0 Å². The number of rotatable bonds is 6. The molecule has 28 heavy (non-hydrogen) atoms. The van der Waals surface area contributed by atoms with E-state index in [-0.39, 0.29) is 30.2 Å². The Kier molecular flexibility index (Phi) is 6.42. The zero-order chi connectivity index (χ0) is 19.9. The minimum absolute atomic E-state index is 0.0539. The summed E-state index contributed by atoms with van der Waals surface area (Å²) in [4.78, 5) is 37.6. The normalized spacial score (nSPS) is 14.4. The largest absolute Gasteiger partial charge is 0.484 e. The first-order valence-corrected chi connectivity index (χ1v) is 9.40. The van der Waals surface area contributed by atoms with E-state index in [0.717, 1.165) is 12.8 Å². The van der Waals surface area contributed by atoms with Crippen molar-refractivity contribution in [1.82, 2.24) is 10.2 Å². The molecule has 0 aromatic heterocycles. The van der Waals surface area contributed by atoms with Crippen LogP contribution >= 0.6 is 0 Å². The average Bonchev–Trinajstić information content (AvgIpc) is 2.73. The molecule has 0 atom stereocenters. The number of likely N-dealkylation sites (tertiary alicyclic amines) is 1. The molecule has 6 nitrogen and oxygen atoms in total. The molecular weight excluding hydrogens is 356 g/mol. The maximum absolute atomic E-state index is 12.4. The smallest absolute Gasteiger partial charge is 0.258 e. The summed E-state index contributed by atoms with van der Waals surface area (Å²) >= 11 is 0. The molecule has 0 bridgehead atoms. The predicted molar refractivity (Wildman–Crippen MR) is 105 cm³/mol. The van der Waals surface area contributed by atoms with Gasteiger partial charge in [0.25, 0.3) is 5.91 Å². The maximum Gasteiger partial charge on any atom is 0.258 e. The number of nitrogens with zero attached hydrogens (tertiary/aromatic N) is 1. The van der Waals surface area contributed by atoms with Crippen LogP contribution in [0.15, 0.2) is 54.6 Å². The number of carbonyl (C=O) groups excluding carboxylic acids is 3. The standard InChI is InChI=1S/C22H24N2O4/c1-16(25)24-13-11-19(12-14-24)23-21(26)15-28-20-9-7-18(8-10-20)22(27)17-5-3-2-4-6-17/h2-10,19H,11-15H2,1H3,(H,23,26). The van der Waals surface area contributed by atoms with E-state index in [0.29, 0.717) is 30.0 Å². The fraction of sp³-hybridized carbons (Fsp3) is 0.318. The van der Waals surface area contributed by atoms with Crippen molar-refractivity contribution in [3.05, 3.63) is 65.7 Å². The number of ether oxygens (including phenoxy) is 1. The van der Waals surface area contributed by atoms with Crippen LogP contribution in [0.2, 0.25) is 0 Å². The SMILES string of the molecule is CC(=O)N1CCC(NC(=O)COc2ccc(C(=O)c3ccccc3)cc2)CC1. The molecule has 2 aromatic carbocycles. The number of hydrogen-bond acceptors (Lipinski definition) is 4. The van der Waals surface area contributed by atoms with Gasteiger partial charge in [-0.3, -0.25) is 14.4 Å². The minimum Gasteiger partial charge on any atom is -0.484 e. The van der Waals surface area contributed by atoms with Crippen LogP contribution < -0.4 is 10.1 Å². The molecule has 3 rings (SSSR count). The van der Waals surface area contributed by atoms with E-state index in [1.165, 1.54) is 0 Å². The van der Waals surface area contributed by atoms with Gasteiger partial charge in [-0.1, -0.05) is 30.3 Å². The lowest BCUT2D eigenvalue weighted by Gasteiger charge is -2.31. The van der Waals surface area contributed by atoms with E-state index >= 15 is 0 Å². The van der Waals surface area contributed by atoms with Gasteiger partial charge in [-0.2, -0.15) is 0 Å². The lowest BCUT2D eigenvalue weighted by Crippen LogP contribution is -2.47. The Morgan fingerprint density at radius 1 is 0.964 bits per heavy atom. The molecule has 1 fully saturated rings. The Labute approximate surface area is 164 Å². The van der Waals surface area contributed by atoms with Crippen molar-refractivity contribution in [3.63, 3.8) is 0 Å². The van der Waals surface area contributed by atoms with Crippen molar-refractivity contribution < 1.29 is 19.1 Å². The third kappa shape index (κ3) is 5.19. The number of hydrogen-bond donors (Lipinski definition) is 1. The molecule has 0 unspecified atom stereocenters. The summed E-state index contributed by atoms with van der Waals surface area (Å²) in [5.74, 6) is 0.362. The Morgan fingerprint density at radius 3 is 2.18 bits per heavy atom. The topological polar surface area (TPSA) is 75.7 Å². The molecule has 0 aliphatic carbocycles. The second-order valence-corrected chi connectivity index (χ2v) is 6.86. The van der Waals surface area contributed by atoms with Crippen LogP contribution in [0, 0.1) is 0 Å². The fourth-order valence-corrected chi connectivity index (χ4v) is 3.22. The lowest BCUT2D eigenvalue weighted by molar-refractivity contribution is -0.130. The van der Waals surface area contributed by atoms with Crippen LogP contribution in [0.5, 0.6) is 5.75 Å². The van der Waals surface area contributed by atoms with E-state index in [1.54, 1.807) is 48.2 Å². The first-order valence-electron chi connectivity index (χ1n) is 9.40. The molecule has 0 spiro atoms. The van der Waals surface area contributed by atoms with Gasteiger partial charge in [0.1, 0.15) is 5.75 Å². The highest BCUT2D eigenvalue weighted by atomic mass is 16.5. The fourth-order valence-electron chi connectivity index (χ4n) is 3.22. The van der Waals surface area contributed by atoms with Crippen molar-refractivity contribution in [2.45, 2.75) is 25.8 Å². The summed E-state index contributed by atoms with van der Waals surface area (Å²) in [6.45, 7) is 2.81. The second-order valence-electron chi connectivity index (χ2n) is 6.86. The summed E-state index contributed by atoms with van der Waals surface area (Å²) in [5.41, 5.74) is 1.20. The van der Waals surface area contributed by atoms with E-state index in [1.807, 2.05) is 18.2 Å². The van der Waals surface area contributed by atoms with Gasteiger partial charge in [0, 0.05) is 37.2 Å². The number of piperidine rings is 1. The Balaban J connectivity index is 1.45. The van der Waals surface area contributed by atoms with E-state index in [2.05, 4.69) is 5.32 Å². The summed E-state index contributed by atoms with van der Waals surface area (Å²) < 4.78 is 5.52. The quantitative estimate of drug-likeness (QED) is 0.781. The summed E-state index contributed by atoms with van der Waals surface area (Å²) in [6.07, 6.45) is 1.50. The molecule has 1 aliphatic heterocycles. The van der Waals surface area contributed by atoms with Crippen molar-refractivity contribution >= 4 is 17.6 Å². The van der Waals surface area contributed by atoms with E-state index in [4.69, 9.17) is 4.74 Å². The predicted octanol–water partition coefficient (Wildman–Crippen LogP) is 2.42. The number of amides is 2. The third-order valence-corrected chi connectivity index (χ3v) is 4.83. The highest BCUT2D eigenvalue weighted by Crippen LogP contribution is 2.16. The molecule has 146 valence electrons. The molecule has 1 N–H and O–H groups in total. The first-order chi connectivity index (χ1) is 13.5. The van der Waals surface area contributed by atoms with Gasteiger partial charge < -0.3 is 15.0 Å². The van der Waals surface area contributed by atoms with Gasteiger partial charge in [-0.15, -0.1) is 0 Å². The zero-order valence-corrected chi connectivity index (χ0v) is 15.9. The van der Waals surface area contributed by atoms with Crippen molar-refractivity contribution in [3.8, 4) is 5.75 Å². The van der Waals surface area contributed by atoms with Gasteiger partial charge in [0.2, 0.25) is 5.91 Å². The number of carbonyl (C=O) groups is 3. The molecule has 0 saturated carbocycles. The Hall–Kier alpha value is -3.15. The highest BCUT2D eigenvalue weighted by Gasteiger charge is 2.22. The van der Waals surface area contributed by atoms with Gasteiger partial charge in [-0.25, -0.2) is 0 Å². The average molecular weight is 380 g/mol. The van der Waals surface area contributed by atoms with Crippen molar-refractivity contribution in [2.24, 2.45) is 0 Å². The highest BCUT2D eigenvalue weighted by molar-refractivity contribution is 6.08. The monoisotopic (exact) mass is 380 g/mol. The minimum atomic E-state index is -0.189. The zero-order valence-electron chi connectivity index (χ0n) is 15.9. The van der Waals surface area contributed by atoms with Crippen LogP contribution in [0.4, 0.5) is 0 Å². The molecule has 0 radical (unpaired) electrons. The lowest BCUT2D eigenvalue weighted by atomic mass is 10.0.